The fourth-order valence-corrected chi connectivity index (χ4v) is 5.09. The van der Waals surface area contributed by atoms with E-state index in [9.17, 15) is 30.2 Å². The molecule has 0 bridgehead atoms. The maximum atomic E-state index is 11.8. The van der Waals surface area contributed by atoms with E-state index in [1.165, 1.54) is 5.56 Å². The standard InChI is InChI=1S/C27H43NO8/c29-22(15-14-21-10-4-3-5-11-21)16-17-24-23(25(30)20-26(24)31)12-6-1-2-7-13-27(32)35-18-8-9-19-36-28(33)34/h3-5,10-11,22-26,29-31H,1-2,6-9,12-20H2/t22-,23+,24+,25-,26+/m0/s1. The Hall–Kier alpha value is -2.23. The molecule has 1 fully saturated rings. The molecule has 3 N–H and O–H groups in total. The lowest BCUT2D eigenvalue weighted by atomic mass is 9.84. The van der Waals surface area contributed by atoms with Crippen LogP contribution in [0, 0.1) is 22.0 Å². The number of hydrogen-bond acceptors (Lipinski definition) is 8. The zero-order valence-electron chi connectivity index (χ0n) is 21.2. The first-order valence-electron chi connectivity index (χ1n) is 13.4. The molecule has 1 saturated carbocycles. The number of hydrogen-bond donors (Lipinski definition) is 3. The first kappa shape index (κ1) is 30.0. The summed E-state index contributed by atoms with van der Waals surface area (Å²) < 4.78 is 5.12. The first-order valence-corrected chi connectivity index (χ1v) is 13.4. The van der Waals surface area contributed by atoms with E-state index in [0.29, 0.717) is 44.9 Å². The Kier molecular flexibility index (Phi) is 14.4. The highest BCUT2D eigenvalue weighted by Crippen LogP contribution is 2.39. The highest BCUT2D eigenvalue weighted by atomic mass is 16.9. The van der Waals surface area contributed by atoms with Gasteiger partial charge in [0.05, 0.1) is 31.5 Å². The van der Waals surface area contributed by atoms with Gasteiger partial charge in [-0.05, 0) is 75.2 Å². The van der Waals surface area contributed by atoms with Crippen molar-refractivity contribution in [1.29, 1.82) is 0 Å². The second kappa shape index (κ2) is 17.3. The third-order valence-electron chi connectivity index (χ3n) is 7.13. The van der Waals surface area contributed by atoms with Crippen LogP contribution < -0.4 is 0 Å². The molecule has 204 valence electrons. The van der Waals surface area contributed by atoms with Crippen molar-refractivity contribution < 1.29 is 34.8 Å². The molecule has 9 heteroatoms. The molecule has 1 aromatic carbocycles. The van der Waals surface area contributed by atoms with Gasteiger partial charge in [-0.2, -0.15) is 0 Å². The van der Waals surface area contributed by atoms with Crippen molar-refractivity contribution in [2.45, 2.75) is 102 Å². The fourth-order valence-electron chi connectivity index (χ4n) is 5.09. The van der Waals surface area contributed by atoms with Crippen LogP contribution in [0.5, 0.6) is 0 Å². The van der Waals surface area contributed by atoms with Crippen molar-refractivity contribution in [3.05, 3.63) is 46.0 Å². The molecule has 0 aromatic heterocycles. The normalized spacial score (nSPS) is 22.3. The molecule has 1 aliphatic rings. The zero-order valence-corrected chi connectivity index (χ0v) is 21.2. The number of aliphatic hydroxyl groups is 3. The fraction of sp³-hybridized carbons (Fsp3) is 0.741. The van der Waals surface area contributed by atoms with Gasteiger partial charge in [0, 0.05) is 6.42 Å². The van der Waals surface area contributed by atoms with Gasteiger partial charge in [-0.3, -0.25) is 4.79 Å². The van der Waals surface area contributed by atoms with Crippen LogP contribution in [0.25, 0.3) is 0 Å². The Labute approximate surface area is 213 Å². The largest absolute Gasteiger partial charge is 0.466 e. The SMILES string of the molecule is O=C(CCCCCC[C@@H]1[C@@H](CC[C@@H](O)CCc2ccccc2)[C@H](O)C[C@@H]1O)OCCCCO[N+](=O)[O-]. The van der Waals surface area contributed by atoms with Crippen molar-refractivity contribution in [3.63, 3.8) is 0 Å². The van der Waals surface area contributed by atoms with E-state index in [1.807, 2.05) is 18.2 Å². The number of carbonyl (C=O) groups excluding carboxylic acids is 1. The van der Waals surface area contributed by atoms with Crippen molar-refractivity contribution >= 4 is 5.97 Å². The first-order chi connectivity index (χ1) is 17.4. The molecule has 0 aliphatic heterocycles. The van der Waals surface area contributed by atoms with Crippen LogP contribution in [0.15, 0.2) is 30.3 Å². The number of aryl methyl sites for hydroxylation is 1. The number of unbranched alkanes of at least 4 members (excludes halogenated alkanes) is 4. The third kappa shape index (κ3) is 12.1. The van der Waals surface area contributed by atoms with E-state index in [4.69, 9.17) is 4.74 Å². The Balaban J connectivity index is 1.55. The topological polar surface area (TPSA) is 139 Å². The Morgan fingerprint density at radius 1 is 0.944 bits per heavy atom. The van der Waals surface area contributed by atoms with Gasteiger partial charge in [0.1, 0.15) is 0 Å². The van der Waals surface area contributed by atoms with E-state index in [2.05, 4.69) is 17.0 Å². The lowest BCUT2D eigenvalue weighted by molar-refractivity contribution is -0.757. The highest BCUT2D eigenvalue weighted by Gasteiger charge is 2.40. The van der Waals surface area contributed by atoms with Crippen LogP contribution in [-0.4, -0.2) is 57.9 Å². The van der Waals surface area contributed by atoms with E-state index >= 15 is 0 Å². The molecule has 0 amide bonds. The molecule has 2 rings (SSSR count). The monoisotopic (exact) mass is 509 g/mol. The lowest BCUT2D eigenvalue weighted by Crippen LogP contribution is -2.24. The number of esters is 1. The maximum Gasteiger partial charge on any atom is 0.305 e. The van der Waals surface area contributed by atoms with Gasteiger partial charge >= 0.3 is 5.97 Å². The minimum Gasteiger partial charge on any atom is -0.466 e. The van der Waals surface area contributed by atoms with Gasteiger partial charge in [-0.1, -0.05) is 49.6 Å². The quantitative estimate of drug-likeness (QED) is 0.110. The van der Waals surface area contributed by atoms with Gasteiger partial charge < -0.3 is 24.9 Å². The van der Waals surface area contributed by atoms with E-state index in [0.717, 1.165) is 38.5 Å². The lowest BCUT2D eigenvalue weighted by Gasteiger charge is -2.24. The van der Waals surface area contributed by atoms with Crippen molar-refractivity contribution in [2.24, 2.45) is 11.8 Å². The number of ether oxygens (including phenoxy) is 1. The average Bonchev–Trinajstić information content (AvgIpc) is 3.12. The number of nitrogens with zero attached hydrogens (tertiary/aromatic N) is 1. The molecule has 36 heavy (non-hydrogen) atoms. The van der Waals surface area contributed by atoms with Crippen LogP contribution in [0.1, 0.15) is 82.6 Å². The van der Waals surface area contributed by atoms with Crippen LogP contribution in [0.2, 0.25) is 0 Å². The molecule has 0 saturated heterocycles. The molecule has 0 unspecified atom stereocenters. The summed E-state index contributed by atoms with van der Waals surface area (Å²) in [6.45, 7) is 0.247. The van der Waals surface area contributed by atoms with Crippen molar-refractivity contribution in [2.75, 3.05) is 13.2 Å². The van der Waals surface area contributed by atoms with Gasteiger partial charge in [0.25, 0.3) is 5.09 Å². The number of rotatable bonds is 19. The third-order valence-corrected chi connectivity index (χ3v) is 7.13. The molecular weight excluding hydrogens is 466 g/mol. The summed E-state index contributed by atoms with van der Waals surface area (Å²) in [6, 6.07) is 10.1. The van der Waals surface area contributed by atoms with Crippen LogP contribution in [-0.2, 0) is 20.8 Å². The second-order valence-electron chi connectivity index (χ2n) is 9.89. The van der Waals surface area contributed by atoms with Gasteiger partial charge in [0.2, 0.25) is 0 Å². The predicted molar refractivity (Wildman–Crippen MR) is 134 cm³/mol. The second-order valence-corrected chi connectivity index (χ2v) is 9.89. The van der Waals surface area contributed by atoms with Gasteiger partial charge in [-0.15, -0.1) is 10.1 Å². The Morgan fingerprint density at radius 2 is 1.61 bits per heavy atom. The number of aliphatic hydroxyl groups excluding tert-OH is 3. The summed E-state index contributed by atoms with van der Waals surface area (Å²) in [5.41, 5.74) is 1.21. The summed E-state index contributed by atoms with van der Waals surface area (Å²) in [5, 5.41) is 40.6. The summed E-state index contributed by atoms with van der Waals surface area (Å²) in [6.07, 6.45) is 7.48. The average molecular weight is 510 g/mol. The molecule has 1 aliphatic carbocycles. The van der Waals surface area contributed by atoms with E-state index in [-0.39, 0.29) is 31.0 Å². The molecule has 0 heterocycles. The number of benzene rings is 1. The predicted octanol–water partition coefficient (Wildman–Crippen LogP) is 3.99. The minimum absolute atomic E-state index is 0.00691. The minimum atomic E-state index is -0.833. The molecule has 1 aromatic rings. The Bertz CT molecular complexity index is 747. The van der Waals surface area contributed by atoms with Crippen molar-refractivity contribution in [3.8, 4) is 0 Å². The van der Waals surface area contributed by atoms with E-state index < -0.39 is 23.4 Å². The van der Waals surface area contributed by atoms with E-state index in [1.54, 1.807) is 0 Å². The van der Waals surface area contributed by atoms with Crippen LogP contribution in [0.4, 0.5) is 0 Å². The van der Waals surface area contributed by atoms with Gasteiger partial charge in [0.15, 0.2) is 0 Å². The van der Waals surface area contributed by atoms with Crippen LogP contribution in [0.3, 0.4) is 0 Å². The Morgan fingerprint density at radius 3 is 2.33 bits per heavy atom. The molecule has 0 radical (unpaired) electrons. The summed E-state index contributed by atoms with van der Waals surface area (Å²) in [7, 11) is 0. The molecule has 0 spiro atoms. The smallest absolute Gasteiger partial charge is 0.305 e. The number of carbonyl (C=O) groups is 1. The summed E-state index contributed by atoms with van der Waals surface area (Å²) >= 11 is 0. The summed E-state index contributed by atoms with van der Waals surface area (Å²) in [4.78, 5) is 26.0. The molecule has 9 nitrogen and oxygen atoms in total. The van der Waals surface area contributed by atoms with Crippen LogP contribution >= 0.6 is 0 Å². The van der Waals surface area contributed by atoms with Crippen molar-refractivity contribution in [1.82, 2.24) is 0 Å². The zero-order chi connectivity index (χ0) is 26.2. The molecule has 5 atom stereocenters. The highest BCUT2D eigenvalue weighted by molar-refractivity contribution is 5.69. The molecular formula is C27H43NO8. The maximum absolute atomic E-state index is 11.8. The summed E-state index contributed by atoms with van der Waals surface area (Å²) in [5.74, 6) is -0.201. The van der Waals surface area contributed by atoms with Gasteiger partial charge in [-0.25, -0.2) is 0 Å².